The molecule has 0 atom stereocenters. The number of fused-ring (bicyclic) bond motifs is 1. The molecule has 0 radical (unpaired) electrons. The fraction of sp³-hybridized carbons (Fsp3) is 0.217. The van der Waals surface area contributed by atoms with Gasteiger partial charge in [-0.1, -0.05) is 42.5 Å². The minimum absolute atomic E-state index is 0.132. The Morgan fingerprint density at radius 1 is 1.00 bits per heavy atom. The number of rotatable bonds is 5. The van der Waals surface area contributed by atoms with Crippen molar-refractivity contribution in [2.45, 2.75) is 26.8 Å². The molecule has 1 N–H and O–H groups in total. The lowest BCUT2D eigenvalue weighted by Gasteiger charge is -2.09. The maximum atomic E-state index is 12.9. The highest BCUT2D eigenvalue weighted by atomic mass is 16.2. The molecular formula is C23H23N5O2. The van der Waals surface area contributed by atoms with Crippen molar-refractivity contribution in [3.05, 3.63) is 87.5 Å². The molecule has 0 bridgehead atoms. The predicted molar refractivity (Wildman–Crippen MR) is 117 cm³/mol. The van der Waals surface area contributed by atoms with E-state index >= 15 is 0 Å². The van der Waals surface area contributed by atoms with Gasteiger partial charge in [-0.3, -0.25) is 19.0 Å². The highest BCUT2D eigenvalue weighted by Gasteiger charge is 2.20. The summed E-state index contributed by atoms with van der Waals surface area (Å²) >= 11 is 0. The Bertz CT molecular complexity index is 1290. The molecular weight excluding hydrogens is 378 g/mol. The van der Waals surface area contributed by atoms with Gasteiger partial charge in [0.2, 0.25) is 5.43 Å². The number of benzene rings is 2. The third-order valence-corrected chi connectivity index (χ3v) is 5.25. The van der Waals surface area contributed by atoms with Crippen LogP contribution in [0.5, 0.6) is 0 Å². The SMILES string of the molecule is Cc1nn(CCc2ccccc2)c(C)c1NC(=O)c1nn(C)c2ccccc2c1=O. The molecule has 4 rings (SSSR count). The summed E-state index contributed by atoms with van der Waals surface area (Å²) in [6, 6.07) is 17.3. The maximum absolute atomic E-state index is 12.9. The topological polar surface area (TPSA) is 81.8 Å². The number of para-hydroxylation sites is 1. The number of nitrogens with zero attached hydrogens (tertiary/aromatic N) is 4. The first kappa shape index (κ1) is 19.6. The number of carbonyl (C=O) groups is 1. The van der Waals surface area contributed by atoms with Crippen LogP contribution < -0.4 is 10.7 Å². The van der Waals surface area contributed by atoms with E-state index < -0.39 is 5.91 Å². The molecule has 0 saturated heterocycles. The van der Waals surface area contributed by atoms with E-state index in [2.05, 4.69) is 27.6 Å². The Kier molecular flexibility index (Phi) is 5.18. The smallest absolute Gasteiger partial charge is 0.280 e. The number of nitrogens with one attached hydrogen (secondary N) is 1. The highest BCUT2D eigenvalue weighted by Crippen LogP contribution is 2.20. The third-order valence-electron chi connectivity index (χ3n) is 5.25. The zero-order valence-electron chi connectivity index (χ0n) is 17.2. The molecule has 0 unspecified atom stereocenters. The van der Waals surface area contributed by atoms with Crippen LogP contribution in [0, 0.1) is 13.8 Å². The Morgan fingerprint density at radius 3 is 2.47 bits per heavy atom. The van der Waals surface area contributed by atoms with E-state index in [1.54, 1.807) is 29.9 Å². The van der Waals surface area contributed by atoms with Gasteiger partial charge in [0.1, 0.15) is 0 Å². The van der Waals surface area contributed by atoms with E-state index in [0.717, 1.165) is 12.1 Å². The Hall–Kier alpha value is -3.74. The quantitative estimate of drug-likeness (QED) is 0.557. The van der Waals surface area contributed by atoms with E-state index in [-0.39, 0.29) is 11.1 Å². The fourth-order valence-electron chi connectivity index (χ4n) is 3.62. The van der Waals surface area contributed by atoms with Gasteiger partial charge in [-0.15, -0.1) is 0 Å². The molecule has 2 heterocycles. The Labute approximate surface area is 174 Å². The summed E-state index contributed by atoms with van der Waals surface area (Å²) in [7, 11) is 1.72. The molecule has 7 nitrogen and oxygen atoms in total. The summed E-state index contributed by atoms with van der Waals surface area (Å²) in [5.74, 6) is -0.532. The Morgan fingerprint density at radius 2 is 1.70 bits per heavy atom. The van der Waals surface area contributed by atoms with Crippen molar-refractivity contribution in [1.82, 2.24) is 19.6 Å². The monoisotopic (exact) mass is 401 g/mol. The zero-order valence-corrected chi connectivity index (χ0v) is 17.2. The van der Waals surface area contributed by atoms with Crippen molar-refractivity contribution in [2.24, 2.45) is 7.05 Å². The number of amides is 1. The maximum Gasteiger partial charge on any atom is 0.280 e. The van der Waals surface area contributed by atoms with Crippen molar-refractivity contribution >= 4 is 22.5 Å². The minimum atomic E-state index is -0.532. The van der Waals surface area contributed by atoms with Crippen LogP contribution in [0.4, 0.5) is 5.69 Å². The second-order valence-corrected chi connectivity index (χ2v) is 7.28. The second-order valence-electron chi connectivity index (χ2n) is 7.28. The van der Waals surface area contributed by atoms with Crippen molar-refractivity contribution < 1.29 is 4.79 Å². The number of aryl methyl sites for hydroxylation is 4. The first-order valence-electron chi connectivity index (χ1n) is 9.81. The van der Waals surface area contributed by atoms with Crippen LogP contribution in [-0.4, -0.2) is 25.5 Å². The van der Waals surface area contributed by atoms with Gasteiger partial charge in [0.15, 0.2) is 5.69 Å². The molecule has 30 heavy (non-hydrogen) atoms. The minimum Gasteiger partial charge on any atom is -0.317 e. The largest absolute Gasteiger partial charge is 0.317 e. The summed E-state index contributed by atoms with van der Waals surface area (Å²) in [5.41, 5.74) is 3.55. The average Bonchev–Trinajstić information content (AvgIpc) is 3.03. The zero-order chi connectivity index (χ0) is 21.3. The van der Waals surface area contributed by atoms with Crippen molar-refractivity contribution in [2.75, 3.05) is 5.32 Å². The molecule has 0 aliphatic heterocycles. The number of aromatic nitrogens is 4. The summed E-state index contributed by atoms with van der Waals surface area (Å²) < 4.78 is 3.43. The van der Waals surface area contributed by atoms with Crippen LogP contribution >= 0.6 is 0 Å². The number of hydrogen-bond acceptors (Lipinski definition) is 4. The van der Waals surface area contributed by atoms with E-state index in [4.69, 9.17) is 0 Å². The fourth-order valence-corrected chi connectivity index (χ4v) is 3.62. The van der Waals surface area contributed by atoms with Crippen LogP contribution in [-0.2, 0) is 20.0 Å². The van der Waals surface area contributed by atoms with Crippen molar-refractivity contribution in [3.63, 3.8) is 0 Å². The van der Waals surface area contributed by atoms with Crippen LogP contribution in [0.25, 0.3) is 10.9 Å². The van der Waals surface area contributed by atoms with Gasteiger partial charge in [-0.25, -0.2) is 0 Å². The van der Waals surface area contributed by atoms with E-state index in [0.29, 0.717) is 28.8 Å². The number of carbonyl (C=O) groups excluding carboxylic acids is 1. The average molecular weight is 401 g/mol. The molecule has 0 aliphatic carbocycles. The van der Waals surface area contributed by atoms with Gasteiger partial charge in [0, 0.05) is 19.0 Å². The van der Waals surface area contributed by atoms with E-state index in [9.17, 15) is 9.59 Å². The summed E-state index contributed by atoms with van der Waals surface area (Å²) in [6.45, 7) is 4.45. The molecule has 4 aromatic rings. The van der Waals surface area contributed by atoms with Gasteiger partial charge >= 0.3 is 0 Å². The third kappa shape index (κ3) is 3.61. The second kappa shape index (κ2) is 7.94. The standard InChI is InChI=1S/C23H23N5O2/c1-15-20(16(2)28(25-15)14-13-17-9-5-4-6-10-17)24-23(30)21-22(29)18-11-7-8-12-19(18)27(3)26-21/h4-12H,13-14H2,1-3H3,(H,24,30). The molecule has 0 fully saturated rings. The number of hydrogen-bond donors (Lipinski definition) is 1. The number of anilines is 1. The van der Waals surface area contributed by atoms with Crippen LogP contribution in [0.1, 0.15) is 27.4 Å². The summed E-state index contributed by atoms with van der Waals surface area (Å²) in [6.07, 6.45) is 0.836. The van der Waals surface area contributed by atoms with E-state index in [1.807, 2.05) is 42.8 Å². The molecule has 0 spiro atoms. The molecule has 7 heteroatoms. The summed E-state index contributed by atoms with van der Waals surface area (Å²) in [4.78, 5) is 25.7. The molecule has 0 saturated carbocycles. The van der Waals surface area contributed by atoms with Gasteiger partial charge in [-0.05, 0) is 38.0 Å². The van der Waals surface area contributed by atoms with Gasteiger partial charge in [0.05, 0.1) is 22.6 Å². The van der Waals surface area contributed by atoms with E-state index in [1.165, 1.54) is 5.56 Å². The lowest BCUT2D eigenvalue weighted by molar-refractivity contribution is 0.101. The molecule has 152 valence electrons. The molecule has 2 aromatic carbocycles. The Balaban J connectivity index is 1.60. The van der Waals surface area contributed by atoms with Crippen molar-refractivity contribution in [3.8, 4) is 0 Å². The van der Waals surface area contributed by atoms with Crippen molar-refractivity contribution in [1.29, 1.82) is 0 Å². The first-order valence-corrected chi connectivity index (χ1v) is 9.81. The molecule has 1 amide bonds. The predicted octanol–water partition coefficient (Wildman–Crippen LogP) is 3.24. The van der Waals surface area contributed by atoms with Gasteiger partial charge in [0.25, 0.3) is 5.91 Å². The molecule has 2 aromatic heterocycles. The van der Waals surface area contributed by atoms with Crippen LogP contribution in [0.2, 0.25) is 0 Å². The molecule has 0 aliphatic rings. The lowest BCUT2D eigenvalue weighted by Crippen LogP contribution is -2.26. The van der Waals surface area contributed by atoms with Crippen LogP contribution in [0.15, 0.2) is 59.4 Å². The lowest BCUT2D eigenvalue weighted by atomic mass is 10.1. The van der Waals surface area contributed by atoms with Gasteiger partial charge in [-0.2, -0.15) is 10.2 Å². The normalized spacial score (nSPS) is 11.0. The first-order chi connectivity index (χ1) is 14.5. The summed E-state index contributed by atoms with van der Waals surface area (Å²) in [5, 5.41) is 12.1. The van der Waals surface area contributed by atoms with Gasteiger partial charge < -0.3 is 5.32 Å². The van der Waals surface area contributed by atoms with Crippen LogP contribution in [0.3, 0.4) is 0 Å². The highest BCUT2D eigenvalue weighted by molar-refractivity contribution is 6.04.